The number of benzene rings is 2. The highest BCUT2D eigenvalue weighted by molar-refractivity contribution is 6.33. The lowest BCUT2D eigenvalue weighted by molar-refractivity contribution is -0.137. The number of hydrogen-bond acceptors (Lipinski definition) is 3. The van der Waals surface area contributed by atoms with Gasteiger partial charge in [0.25, 0.3) is 0 Å². The summed E-state index contributed by atoms with van der Waals surface area (Å²) in [6.07, 6.45) is -4.26. The Morgan fingerprint density at radius 1 is 1.07 bits per heavy atom. The van der Waals surface area contributed by atoms with Crippen molar-refractivity contribution >= 4 is 23.2 Å². The van der Waals surface area contributed by atoms with E-state index in [9.17, 15) is 17.6 Å². The van der Waals surface area contributed by atoms with Crippen LogP contribution in [0, 0.1) is 5.82 Å². The van der Waals surface area contributed by atoms with Gasteiger partial charge in [-0.05, 0) is 44.2 Å². The second-order valence-corrected chi connectivity index (χ2v) is 7.54. The lowest BCUT2D eigenvalue weighted by Crippen LogP contribution is -2.07. The molecule has 1 aromatic heterocycles. The molecule has 0 bridgehead atoms. The fraction of sp³-hybridized carbons (Fsp3) is 0.300. The number of ether oxygens (including phenoxy) is 1. The van der Waals surface area contributed by atoms with Crippen LogP contribution in [0.4, 0.5) is 17.6 Å². The van der Waals surface area contributed by atoms with E-state index >= 15 is 0 Å². The van der Waals surface area contributed by atoms with Crippen molar-refractivity contribution in [3.63, 3.8) is 0 Å². The van der Waals surface area contributed by atoms with E-state index in [2.05, 4.69) is 10.1 Å². The van der Waals surface area contributed by atoms with Crippen molar-refractivity contribution in [2.24, 2.45) is 0 Å². The van der Waals surface area contributed by atoms with Crippen LogP contribution >= 0.6 is 23.2 Å². The predicted octanol–water partition coefficient (Wildman–Crippen LogP) is 6.37. The Morgan fingerprint density at radius 3 is 2.40 bits per heavy atom. The first-order chi connectivity index (χ1) is 14.1. The van der Waals surface area contributed by atoms with E-state index < -0.39 is 17.6 Å². The molecular weight excluding hydrogens is 445 g/mol. The molecule has 0 aliphatic carbocycles. The summed E-state index contributed by atoms with van der Waals surface area (Å²) in [5.74, 6) is -0.336. The Morgan fingerprint density at radius 2 is 1.77 bits per heavy atom. The van der Waals surface area contributed by atoms with Gasteiger partial charge in [0.2, 0.25) is 0 Å². The average Bonchev–Trinajstić information content (AvgIpc) is 3.07. The first-order valence-corrected chi connectivity index (χ1v) is 9.72. The van der Waals surface area contributed by atoms with Crippen LogP contribution in [-0.4, -0.2) is 27.5 Å². The van der Waals surface area contributed by atoms with Gasteiger partial charge < -0.3 is 4.74 Å². The zero-order chi connectivity index (χ0) is 22.1. The van der Waals surface area contributed by atoms with Gasteiger partial charge in [-0.2, -0.15) is 18.3 Å². The van der Waals surface area contributed by atoms with E-state index in [0.717, 1.165) is 24.3 Å². The summed E-state index contributed by atoms with van der Waals surface area (Å²) >= 11 is 11.9. The Labute approximate surface area is 180 Å². The van der Waals surface area contributed by atoms with Crippen LogP contribution in [0.5, 0.6) is 0 Å². The molecule has 3 rings (SSSR count). The summed E-state index contributed by atoms with van der Waals surface area (Å²) < 4.78 is 60.4. The second kappa shape index (κ2) is 8.91. The van der Waals surface area contributed by atoms with Crippen molar-refractivity contribution in [3.8, 4) is 17.1 Å². The maximum absolute atomic E-state index is 14.0. The molecule has 160 valence electrons. The number of nitrogens with zero attached hydrogens (tertiary/aromatic N) is 3. The summed E-state index contributed by atoms with van der Waals surface area (Å²) in [5, 5.41) is 4.29. The molecule has 1 heterocycles. The van der Waals surface area contributed by atoms with Gasteiger partial charge >= 0.3 is 6.18 Å². The van der Waals surface area contributed by atoms with Crippen molar-refractivity contribution in [3.05, 3.63) is 63.6 Å². The Hall–Kier alpha value is -2.16. The molecule has 0 fully saturated rings. The molecule has 0 saturated heterocycles. The SMILES string of the molecule is CC(C)OCCc1nc(-c2cc(C(F)(F)F)ccc2Cl)n(-c2ccc(Cl)c(F)c2)n1. The smallest absolute Gasteiger partial charge is 0.378 e. The molecular formula is C20H17Cl2F4N3O. The number of halogens is 6. The van der Waals surface area contributed by atoms with Crippen LogP contribution < -0.4 is 0 Å². The third kappa shape index (κ3) is 5.11. The first kappa shape index (κ1) is 22.5. The zero-order valence-electron chi connectivity index (χ0n) is 16.0. The maximum Gasteiger partial charge on any atom is 0.416 e. The van der Waals surface area contributed by atoms with Crippen molar-refractivity contribution in [1.29, 1.82) is 0 Å². The molecule has 0 spiro atoms. The van der Waals surface area contributed by atoms with Gasteiger partial charge in [0.05, 0.1) is 34.0 Å². The maximum atomic E-state index is 14.0. The van der Waals surface area contributed by atoms with Gasteiger partial charge in [-0.25, -0.2) is 14.1 Å². The van der Waals surface area contributed by atoms with Crippen molar-refractivity contribution in [1.82, 2.24) is 14.8 Å². The predicted molar refractivity (Wildman–Crippen MR) is 107 cm³/mol. The van der Waals surface area contributed by atoms with E-state index in [0.29, 0.717) is 18.9 Å². The third-order valence-corrected chi connectivity index (χ3v) is 4.75. The largest absolute Gasteiger partial charge is 0.416 e. The van der Waals surface area contributed by atoms with Crippen LogP contribution in [0.2, 0.25) is 10.0 Å². The second-order valence-electron chi connectivity index (χ2n) is 6.72. The standard InChI is InChI=1S/C20H17Cl2F4N3O/c1-11(2)30-8-7-18-27-19(14-9-12(20(24,25)26)3-5-15(14)21)29(28-18)13-4-6-16(22)17(23)10-13/h3-6,9-11H,7-8H2,1-2H3. The molecule has 30 heavy (non-hydrogen) atoms. The average molecular weight is 462 g/mol. The molecule has 2 aromatic carbocycles. The quantitative estimate of drug-likeness (QED) is 0.400. The number of hydrogen-bond donors (Lipinski definition) is 0. The topological polar surface area (TPSA) is 39.9 Å². The lowest BCUT2D eigenvalue weighted by Gasteiger charge is -2.11. The monoisotopic (exact) mass is 461 g/mol. The minimum Gasteiger partial charge on any atom is -0.378 e. The molecule has 4 nitrogen and oxygen atoms in total. The van der Waals surface area contributed by atoms with Gasteiger partial charge in [0.15, 0.2) is 11.6 Å². The van der Waals surface area contributed by atoms with E-state index in [-0.39, 0.29) is 33.2 Å². The molecule has 0 saturated carbocycles. The molecule has 0 aliphatic heterocycles. The summed E-state index contributed by atoms with van der Waals surface area (Å²) in [4.78, 5) is 4.35. The fourth-order valence-corrected chi connectivity index (χ4v) is 3.01. The van der Waals surface area contributed by atoms with E-state index in [4.69, 9.17) is 27.9 Å². The van der Waals surface area contributed by atoms with Crippen LogP contribution in [0.15, 0.2) is 36.4 Å². The Bertz CT molecular complexity index is 1050. The van der Waals surface area contributed by atoms with Crippen LogP contribution in [0.1, 0.15) is 25.2 Å². The lowest BCUT2D eigenvalue weighted by atomic mass is 10.1. The van der Waals surface area contributed by atoms with Crippen LogP contribution in [0.25, 0.3) is 17.1 Å². The minimum atomic E-state index is -4.56. The highest BCUT2D eigenvalue weighted by Crippen LogP contribution is 2.36. The van der Waals surface area contributed by atoms with E-state index in [1.165, 1.54) is 16.8 Å². The minimum absolute atomic E-state index is 0.00479. The van der Waals surface area contributed by atoms with Gasteiger partial charge in [-0.15, -0.1) is 0 Å². The molecule has 0 amide bonds. The fourth-order valence-electron chi connectivity index (χ4n) is 2.69. The van der Waals surface area contributed by atoms with Gasteiger partial charge in [0, 0.05) is 18.1 Å². The summed E-state index contributed by atoms with van der Waals surface area (Å²) in [5.41, 5.74) is -0.627. The molecule has 3 aromatic rings. The summed E-state index contributed by atoms with van der Waals surface area (Å²) in [6.45, 7) is 4.05. The third-order valence-electron chi connectivity index (χ3n) is 4.11. The van der Waals surface area contributed by atoms with Crippen molar-refractivity contribution in [2.75, 3.05) is 6.61 Å². The number of rotatable bonds is 6. The number of alkyl halides is 3. The van der Waals surface area contributed by atoms with Crippen LogP contribution in [-0.2, 0) is 17.3 Å². The molecule has 0 aliphatic rings. The number of aromatic nitrogens is 3. The molecule has 10 heteroatoms. The van der Waals surface area contributed by atoms with Crippen molar-refractivity contribution in [2.45, 2.75) is 32.5 Å². The van der Waals surface area contributed by atoms with E-state index in [1.807, 2.05) is 13.8 Å². The molecule has 0 N–H and O–H groups in total. The van der Waals surface area contributed by atoms with Gasteiger partial charge in [-0.3, -0.25) is 0 Å². The molecule has 0 atom stereocenters. The highest BCUT2D eigenvalue weighted by Gasteiger charge is 2.32. The summed E-state index contributed by atoms with van der Waals surface area (Å²) in [6, 6.07) is 6.85. The normalized spacial score (nSPS) is 12.0. The van der Waals surface area contributed by atoms with Crippen LogP contribution in [0.3, 0.4) is 0 Å². The zero-order valence-corrected chi connectivity index (χ0v) is 17.5. The summed E-state index contributed by atoms with van der Waals surface area (Å²) in [7, 11) is 0. The Balaban J connectivity index is 2.12. The van der Waals surface area contributed by atoms with E-state index in [1.54, 1.807) is 0 Å². The molecule has 0 radical (unpaired) electrons. The first-order valence-electron chi connectivity index (χ1n) is 8.96. The Kier molecular flexibility index (Phi) is 6.69. The van der Waals surface area contributed by atoms with Crippen molar-refractivity contribution < 1.29 is 22.3 Å². The van der Waals surface area contributed by atoms with Gasteiger partial charge in [0.1, 0.15) is 5.82 Å². The highest BCUT2D eigenvalue weighted by atomic mass is 35.5. The van der Waals surface area contributed by atoms with Gasteiger partial charge in [-0.1, -0.05) is 23.2 Å². The molecule has 0 unspecified atom stereocenters.